The predicted molar refractivity (Wildman–Crippen MR) is 73.2 cm³/mol. The van der Waals surface area contributed by atoms with Gasteiger partial charge in [-0.15, -0.1) is 0 Å². The zero-order chi connectivity index (χ0) is 13.4. The van der Waals surface area contributed by atoms with Crippen LogP contribution in [0.5, 0.6) is 0 Å². The Kier molecular flexibility index (Phi) is 6.40. The average molecular weight is 249 g/mol. The van der Waals surface area contributed by atoms with E-state index < -0.39 is 5.78 Å². The molecule has 1 aliphatic rings. The fourth-order valence-electron chi connectivity index (χ4n) is 1.98. The molecule has 1 N–H and O–H groups in total. The van der Waals surface area contributed by atoms with Crippen LogP contribution in [-0.2, 0) is 9.59 Å². The Balaban J connectivity index is 2.18. The van der Waals surface area contributed by atoms with Crippen LogP contribution in [-0.4, -0.2) is 18.1 Å². The molecule has 1 rings (SSSR count). The summed E-state index contributed by atoms with van der Waals surface area (Å²) in [6.07, 6.45) is 10.6. The summed E-state index contributed by atoms with van der Waals surface area (Å²) >= 11 is 0. The largest absolute Gasteiger partial charge is 0.385 e. The van der Waals surface area contributed by atoms with Crippen molar-refractivity contribution < 1.29 is 9.59 Å². The highest BCUT2D eigenvalue weighted by molar-refractivity contribution is 6.48. The summed E-state index contributed by atoms with van der Waals surface area (Å²) in [6.45, 7) is 4.76. The molecule has 0 radical (unpaired) electrons. The van der Waals surface area contributed by atoms with Gasteiger partial charge >= 0.3 is 0 Å². The smallest absolute Gasteiger partial charge is 0.228 e. The lowest BCUT2D eigenvalue weighted by Crippen LogP contribution is -2.23. The van der Waals surface area contributed by atoms with Crippen LogP contribution < -0.4 is 5.32 Å². The van der Waals surface area contributed by atoms with Gasteiger partial charge in [-0.3, -0.25) is 9.59 Å². The molecule has 0 fully saturated rings. The number of carbonyl (C=O) groups is 2. The normalized spacial score (nSPS) is 15.4. The van der Waals surface area contributed by atoms with Crippen LogP contribution in [0, 0.1) is 0 Å². The van der Waals surface area contributed by atoms with Crippen LogP contribution in [0.25, 0.3) is 0 Å². The van der Waals surface area contributed by atoms with E-state index in [0.717, 1.165) is 18.7 Å². The monoisotopic (exact) mass is 249 g/mol. The van der Waals surface area contributed by atoms with Gasteiger partial charge in [-0.05, 0) is 19.4 Å². The molecule has 3 nitrogen and oxygen atoms in total. The van der Waals surface area contributed by atoms with Gasteiger partial charge in [0, 0.05) is 23.9 Å². The highest BCUT2D eigenvalue weighted by Gasteiger charge is 2.18. The molecule has 0 amide bonds. The first-order valence-electron chi connectivity index (χ1n) is 6.87. The van der Waals surface area contributed by atoms with Crippen LogP contribution in [0.1, 0.15) is 52.4 Å². The third kappa shape index (κ3) is 4.86. The first-order chi connectivity index (χ1) is 8.65. The second kappa shape index (κ2) is 7.85. The van der Waals surface area contributed by atoms with Crippen molar-refractivity contribution in [1.29, 1.82) is 0 Å². The maximum atomic E-state index is 11.3. The summed E-state index contributed by atoms with van der Waals surface area (Å²) < 4.78 is 0. The highest BCUT2D eigenvalue weighted by atomic mass is 16.2. The number of Topliss-reactive ketones (excluding diaryl/α,β-unsaturated/α-hetero) is 1. The van der Waals surface area contributed by atoms with E-state index in [9.17, 15) is 9.59 Å². The van der Waals surface area contributed by atoms with Crippen molar-refractivity contribution in [1.82, 2.24) is 5.32 Å². The second-order valence-electron chi connectivity index (χ2n) is 4.81. The molecule has 0 unspecified atom stereocenters. The van der Waals surface area contributed by atoms with Crippen molar-refractivity contribution >= 4 is 11.6 Å². The minimum atomic E-state index is -0.416. The number of ketones is 2. The maximum absolute atomic E-state index is 11.3. The van der Waals surface area contributed by atoms with Crippen LogP contribution in [0.4, 0.5) is 0 Å². The van der Waals surface area contributed by atoms with Crippen molar-refractivity contribution in [3.63, 3.8) is 0 Å². The van der Waals surface area contributed by atoms with Crippen molar-refractivity contribution in [2.45, 2.75) is 52.4 Å². The Hall–Kier alpha value is -1.38. The van der Waals surface area contributed by atoms with Gasteiger partial charge in [0.25, 0.3) is 0 Å². The third-order valence-corrected chi connectivity index (χ3v) is 3.10. The first kappa shape index (κ1) is 14.7. The molecule has 0 bridgehead atoms. The minimum Gasteiger partial charge on any atom is -0.385 e. The Morgan fingerprint density at radius 3 is 2.33 bits per heavy atom. The lowest BCUT2D eigenvalue weighted by Gasteiger charge is -2.11. The molecule has 0 aromatic heterocycles. The van der Waals surface area contributed by atoms with Gasteiger partial charge in [0.15, 0.2) is 0 Å². The minimum absolute atomic E-state index is 0.389. The van der Waals surface area contributed by atoms with E-state index in [1.165, 1.54) is 38.2 Å². The molecule has 0 heterocycles. The Labute approximate surface area is 109 Å². The molecule has 0 atom stereocenters. The van der Waals surface area contributed by atoms with Gasteiger partial charge < -0.3 is 5.32 Å². The molecule has 0 spiro atoms. The predicted octanol–water partition coefficient (Wildman–Crippen LogP) is 2.92. The molecule has 1 aliphatic carbocycles. The summed E-state index contributed by atoms with van der Waals surface area (Å²) in [5.41, 5.74) is 1.29. The van der Waals surface area contributed by atoms with E-state index in [1.54, 1.807) is 13.0 Å². The standard InChI is InChI=1S/C15H23NO2/c1-3-4-5-6-7-8-9-16-13-10-12(2)15(18)14(17)11-13/h10-11,16H,3-9H2,1-2H3. The Morgan fingerprint density at radius 2 is 1.67 bits per heavy atom. The molecule has 0 aromatic carbocycles. The van der Waals surface area contributed by atoms with Crippen molar-refractivity contribution in [2.24, 2.45) is 0 Å². The van der Waals surface area contributed by atoms with Crippen LogP contribution in [0.2, 0.25) is 0 Å². The summed E-state index contributed by atoms with van der Waals surface area (Å²) in [7, 11) is 0. The Morgan fingerprint density at radius 1 is 1.00 bits per heavy atom. The van der Waals surface area contributed by atoms with E-state index in [-0.39, 0.29) is 5.78 Å². The molecule has 0 saturated heterocycles. The SMILES string of the molecule is CCCCCCCCNC1=CC(=O)C(=O)C(C)=C1. The average Bonchev–Trinajstić information content (AvgIpc) is 2.34. The Bertz CT molecular complexity index is 367. The van der Waals surface area contributed by atoms with Gasteiger partial charge in [0.1, 0.15) is 0 Å². The van der Waals surface area contributed by atoms with Crippen LogP contribution >= 0.6 is 0 Å². The van der Waals surface area contributed by atoms with Crippen molar-refractivity contribution in [3.8, 4) is 0 Å². The lowest BCUT2D eigenvalue weighted by atomic mass is 10.0. The highest BCUT2D eigenvalue weighted by Crippen LogP contribution is 2.10. The van der Waals surface area contributed by atoms with Gasteiger partial charge in [-0.2, -0.15) is 0 Å². The third-order valence-electron chi connectivity index (χ3n) is 3.10. The number of rotatable bonds is 8. The number of hydrogen-bond donors (Lipinski definition) is 1. The number of carbonyl (C=O) groups excluding carboxylic acids is 2. The van der Waals surface area contributed by atoms with Gasteiger partial charge in [0.05, 0.1) is 0 Å². The van der Waals surface area contributed by atoms with Gasteiger partial charge in [0.2, 0.25) is 11.6 Å². The zero-order valence-electron chi connectivity index (χ0n) is 11.4. The molecule has 0 saturated carbocycles. The molecule has 3 heteroatoms. The number of unbranched alkanes of at least 4 members (excludes halogenated alkanes) is 5. The zero-order valence-corrected chi connectivity index (χ0v) is 11.4. The fourth-order valence-corrected chi connectivity index (χ4v) is 1.98. The maximum Gasteiger partial charge on any atom is 0.228 e. The van der Waals surface area contributed by atoms with Crippen molar-refractivity contribution in [2.75, 3.05) is 6.54 Å². The topological polar surface area (TPSA) is 46.2 Å². The molecular formula is C15H23NO2. The number of allylic oxidation sites excluding steroid dienone is 3. The van der Waals surface area contributed by atoms with Gasteiger partial charge in [-0.25, -0.2) is 0 Å². The van der Waals surface area contributed by atoms with E-state index in [2.05, 4.69) is 12.2 Å². The van der Waals surface area contributed by atoms with Crippen LogP contribution in [0.15, 0.2) is 23.4 Å². The molecule has 100 valence electrons. The van der Waals surface area contributed by atoms with E-state index in [1.807, 2.05) is 0 Å². The number of nitrogens with one attached hydrogen (secondary N) is 1. The van der Waals surface area contributed by atoms with Crippen molar-refractivity contribution in [3.05, 3.63) is 23.4 Å². The quantitative estimate of drug-likeness (QED) is 0.409. The van der Waals surface area contributed by atoms with Crippen LogP contribution in [0.3, 0.4) is 0 Å². The first-order valence-corrected chi connectivity index (χ1v) is 6.87. The van der Waals surface area contributed by atoms with E-state index in [0.29, 0.717) is 5.57 Å². The van der Waals surface area contributed by atoms with E-state index in [4.69, 9.17) is 0 Å². The molecule has 18 heavy (non-hydrogen) atoms. The summed E-state index contributed by atoms with van der Waals surface area (Å²) in [4.78, 5) is 22.6. The molecular weight excluding hydrogens is 226 g/mol. The van der Waals surface area contributed by atoms with E-state index >= 15 is 0 Å². The lowest BCUT2D eigenvalue weighted by molar-refractivity contribution is -0.131. The molecule has 0 aliphatic heterocycles. The summed E-state index contributed by atoms with van der Waals surface area (Å²) in [5.74, 6) is -0.805. The summed E-state index contributed by atoms with van der Waals surface area (Å²) in [5, 5.41) is 3.21. The molecule has 0 aromatic rings. The fraction of sp³-hybridized carbons (Fsp3) is 0.600. The summed E-state index contributed by atoms with van der Waals surface area (Å²) in [6, 6.07) is 0. The number of hydrogen-bond acceptors (Lipinski definition) is 3. The van der Waals surface area contributed by atoms with Gasteiger partial charge in [-0.1, -0.05) is 39.0 Å². The second-order valence-corrected chi connectivity index (χ2v) is 4.81.